The van der Waals surface area contributed by atoms with Gasteiger partial charge in [0, 0.05) is 6.54 Å². The minimum absolute atomic E-state index is 0.178. The quantitative estimate of drug-likeness (QED) is 0.508. The van der Waals surface area contributed by atoms with Crippen molar-refractivity contribution in [3.63, 3.8) is 0 Å². The highest BCUT2D eigenvalue weighted by Crippen LogP contribution is 1.81. The Kier molecular flexibility index (Phi) is 8.76. The molecular weight excluding hydrogens is 161 g/mol. The third kappa shape index (κ3) is 9.81. The van der Waals surface area contributed by atoms with Crippen molar-refractivity contribution in [1.82, 2.24) is 4.90 Å². The molecule has 0 N–H and O–H groups in total. The van der Waals surface area contributed by atoms with Gasteiger partial charge in [-0.1, -0.05) is 0 Å². The molecule has 0 bridgehead atoms. The maximum absolute atomic E-state index is 11.5. The summed E-state index contributed by atoms with van der Waals surface area (Å²) in [5.41, 5.74) is 0. The van der Waals surface area contributed by atoms with Crippen molar-refractivity contribution in [2.24, 2.45) is 0 Å². The summed E-state index contributed by atoms with van der Waals surface area (Å²) in [6.45, 7) is 2.40. The Morgan fingerprint density at radius 3 is 2.08 bits per heavy atom. The molecule has 3 nitrogen and oxygen atoms in total. The van der Waals surface area contributed by atoms with Gasteiger partial charge < -0.3 is 14.4 Å². The summed E-state index contributed by atoms with van der Waals surface area (Å²) in [5, 5.41) is 0. The van der Waals surface area contributed by atoms with Gasteiger partial charge in [0.05, 0.1) is 26.4 Å². The second-order valence-corrected chi connectivity index (χ2v) is 2.72. The fourth-order valence-electron chi connectivity index (χ4n) is 0.624. The first kappa shape index (κ1) is 11.8. The first-order valence-electron chi connectivity index (χ1n) is 4.13. The lowest BCUT2D eigenvalue weighted by atomic mass is 10.6. The molecule has 0 spiro atoms. The van der Waals surface area contributed by atoms with E-state index in [0.717, 1.165) is 6.54 Å². The lowest BCUT2D eigenvalue weighted by Crippen LogP contribution is -2.19. The van der Waals surface area contributed by atoms with E-state index in [1.807, 2.05) is 19.0 Å². The summed E-state index contributed by atoms with van der Waals surface area (Å²) in [6.07, 6.45) is 0. The van der Waals surface area contributed by atoms with E-state index in [1.165, 1.54) is 0 Å². The van der Waals surface area contributed by atoms with Gasteiger partial charge in [0.1, 0.15) is 6.67 Å². The Labute approximate surface area is 73.4 Å². The van der Waals surface area contributed by atoms with Gasteiger partial charge in [-0.15, -0.1) is 0 Å². The molecule has 0 saturated heterocycles. The van der Waals surface area contributed by atoms with Gasteiger partial charge in [-0.25, -0.2) is 4.39 Å². The Morgan fingerprint density at radius 1 is 1.00 bits per heavy atom. The minimum atomic E-state index is -0.419. The van der Waals surface area contributed by atoms with Gasteiger partial charge in [-0.3, -0.25) is 0 Å². The van der Waals surface area contributed by atoms with Crippen LogP contribution in [0.15, 0.2) is 0 Å². The lowest BCUT2D eigenvalue weighted by Gasteiger charge is -2.09. The van der Waals surface area contributed by atoms with E-state index in [-0.39, 0.29) is 6.61 Å². The zero-order chi connectivity index (χ0) is 9.23. The largest absolute Gasteiger partial charge is 0.378 e. The summed E-state index contributed by atoms with van der Waals surface area (Å²) in [6, 6.07) is 0. The second-order valence-electron chi connectivity index (χ2n) is 2.72. The normalized spacial score (nSPS) is 11.0. The van der Waals surface area contributed by atoms with Crippen LogP contribution in [0.25, 0.3) is 0 Å². The van der Waals surface area contributed by atoms with Crippen LogP contribution in [0.3, 0.4) is 0 Å². The van der Waals surface area contributed by atoms with E-state index in [1.54, 1.807) is 0 Å². The summed E-state index contributed by atoms with van der Waals surface area (Å²) < 4.78 is 21.6. The predicted molar refractivity (Wildman–Crippen MR) is 46.2 cm³/mol. The molecule has 0 aliphatic carbocycles. The van der Waals surface area contributed by atoms with Crippen molar-refractivity contribution in [3.8, 4) is 0 Å². The van der Waals surface area contributed by atoms with Gasteiger partial charge in [0.25, 0.3) is 0 Å². The van der Waals surface area contributed by atoms with Crippen LogP contribution in [0, 0.1) is 0 Å². The Bertz CT molecular complexity index is 91.1. The standard InChI is InChI=1S/C8H18FNO2/c1-10(2)4-6-12-8-7-11-5-3-9/h3-8H2,1-2H3. The number of hydrogen-bond donors (Lipinski definition) is 0. The van der Waals surface area contributed by atoms with Gasteiger partial charge in [0.2, 0.25) is 0 Å². The molecule has 0 saturated carbocycles. The van der Waals surface area contributed by atoms with Crippen LogP contribution in [-0.2, 0) is 9.47 Å². The molecule has 0 aromatic rings. The summed E-state index contributed by atoms with van der Waals surface area (Å²) >= 11 is 0. The van der Waals surface area contributed by atoms with Crippen LogP contribution in [0.5, 0.6) is 0 Å². The summed E-state index contributed by atoms with van der Waals surface area (Å²) in [4.78, 5) is 2.04. The van der Waals surface area contributed by atoms with Crippen molar-refractivity contribution in [2.75, 3.05) is 53.7 Å². The topological polar surface area (TPSA) is 21.7 Å². The average molecular weight is 179 g/mol. The Hall–Kier alpha value is -0.190. The molecule has 0 rings (SSSR count). The van der Waals surface area contributed by atoms with E-state index in [0.29, 0.717) is 19.8 Å². The van der Waals surface area contributed by atoms with Crippen LogP contribution in [-0.4, -0.2) is 58.6 Å². The molecule has 0 radical (unpaired) electrons. The molecule has 0 amide bonds. The third-order valence-corrected chi connectivity index (χ3v) is 1.28. The highest BCUT2D eigenvalue weighted by Gasteiger charge is 1.91. The smallest absolute Gasteiger partial charge is 0.113 e. The number of nitrogens with zero attached hydrogens (tertiary/aromatic N) is 1. The molecular formula is C8H18FNO2. The molecule has 0 aromatic heterocycles. The molecule has 74 valence electrons. The van der Waals surface area contributed by atoms with E-state index in [9.17, 15) is 4.39 Å². The number of likely N-dealkylation sites (N-methyl/N-ethyl adjacent to an activating group) is 1. The number of hydrogen-bond acceptors (Lipinski definition) is 3. The molecule has 0 atom stereocenters. The van der Waals surface area contributed by atoms with Crippen molar-refractivity contribution in [2.45, 2.75) is 0 Å². The van der Waals surface area contributed by atoms with Crippen molar-refractivity contribution in [3.05, 3.63) is 0 Å². The van der Waals surface area contributed by atoms with E-state index in [4.69, 9.17) is 9.47 Å². The lowest BCUT2D eigenvalue weighted by molar-refractivity contribution is 0.0383. The van der Waals surface area contributed by atoms with E-state index in [2.05, 4.69) is 0 Å². The highest BCUT2D eigenvalue weighted by atomic mass is 19.1. The third-order valence-electron chi connectivity index (χ3n) is 1.28. The van der Waals surface area contributed by atoms with Gasteiger partial charge >= 0.3 is 0 Å². The van der Waals surface area contributed by atoms with Gasteiger partial charge in [0.15, 0.2) is 0 Å². The molecule has 4 heteroatoms. The van der Waals surface area contributed by atoms with Crippen LogP contribution >= 0.6 is 0 Å². The molecule has 0 aromatic carbocycles. The fraction of sp³-hybridized carbons (Fsp3) is 1.00. The van der Waals surface area contributed by atoms with Crippen molar-refractivity contribution < 1.29 is 13.9 Å². The zero-order valence-electron chi connectivity index (χ0n) is 7.88. The first-order chi connectivity index (χ1) is 5.77. The average Bonchev–Trinajstić information content (AvgIpc) is 2.02. The Balaban J connectivity index is 2.82. The van der Waals surface area contributed by atoms with Gasteiger partial charge in [-0.05, 0) is 14.1 Å². The van der Waals surface area contributed by atoms with Gasteiger partial charge in [-0.2, -0.15) is 0 Å². The molecule has 0 unspecified atom stereocenters. The van der Waals surface area contributed by atoms with Crippen LogP contribution < -0.4 is 0 Å². The first-order valence-corrected chi connectivity index (χ1v) is 4.13. The second kappa shape index (κ2) is 8.90. The number of ether oxygens (including phenoxy) is 2. The van der Waals surface area contributed by atoms with Crippen LogP contribution in [0.2, 0.25) is 0 Å². The Morgan fingerprint density at radius 2 is 1.58 bits per heavy atom. The molecule has 0 fully saturated rings. The van der Waals surface area contributed by atoms with Crippen LogP contribution in [0.4, 0.5) is 4.39 Å². The fourth-order valence-corrected chi connectivity index (χ4v) is 0.624. The van der Waals surface area contributed by atoms with E-state index >= 15 is 0 Å². The molecule has 12 heavy (non-hydrogen) atoms. The predicted octanol–water partition coefficient (Wildman–Crippen LogP) is 0.551. The SMILES string of the molecule is CN(C)CCOCCOCCF. The highest BCUT2D eigenvalue weighted by molar-refractivity contribution is 4.39. The molecule has 0 aliphatic heterocycles. The van der Waals surface area contributed by atoms with Crippen molar-refractivity contribution in [1.29, 1.82) is 0 Å². The number of alkyl halides is 1. The summed E-state index contributed by atoms with van der Waals surface area (Å²) in [7, 11) is 3.98. The molecule has 0 aliphatic rings. The van der Waals surface area contributed by atoms with E-state index < -0.39 is 6.67 Å². The monoisotopic (exact) mass is 179 g/mol. The minimum Gasteiger partial charge on any atom is -0.378 e. The zero-order valence-corrected chi connectivity index (χ0v) is 7.88. The molecule has 0 heterocycles. The van der Waals surface area contributed by atoms with Crippen LogP contribution in [0.1, 0.15) is 0 Å². The summed E-state index contributed by atoms with van der Waals surface area (Å²) in [5.74, 6) is 0. The number of rotatable bonds is 8. The number of halogens is 1. The maximum Gasteiger partial charge on any atom is 0.113 e. The van der Waals surface area contributed by atoms with Crippen molar-refractivity contribution >= 4 is 0 Å². The maximum atomic E-state index is 11.5.